The third-order valence-electron chi connectivity index (χ3n) is 2.97. The van der Waals surface area contributed by atoms with Gasteiger partial charge in [0.05, 0.1) is 29.0 Å². The first kappa shape index (κ1) is 13.8. The van der Waals surface area contributed by atoms with Crippen LogP contribution in [0.4, 0.5) is 0 Å². The van der Waals surface area contributed by atoms with Crippen molar-refractivity contribution in [3.8, 4) is 11.8 Å². The van der Waals surface area contributed by atoms with Gasteiger partial charge in [-0.25, -0.2) is 4.68 Å². The summed E-state index contributed by atoms with van der Waals surface area (Å²) < 4.78 is 1.89. The maximum Gasteiger partial charge on any atom is 0.0991 e. The van der Waals surface area contributed by atoms with Crippen LogP contribution in [0.25, 0.3) is 16.6 Å². The summed E-state index contributed by atoms with van der Waals surface area (Å²) in [6, 6.07) is 15.8. The zero-order valence-electron chi connectivity index (χ0n) is 12.0. The number of nitriles is 1. The molecule has 0 saturated carbocycles. The molecule has 3 aromatic rings. The van der Waals surface area contributed by atoms with Crippen LogP contribution >= 0.6 is 0 Å². The summed E-state index contributed by atoms with van der Waals surface area (Å²) in [7, 11) is 0. The second-order valence-corrected chi connectivity index (χ2v) is 4.28. The first-order valence-corrected chi connectivity index (χ1v) is 6.73. The number of hydrogen-bond acceptors (Lipinski definition) is 2. The Morgan fingerprint density at radius 2 is 1.75 bits per heavy atom. The summed E-state index contributed by atoms with van der Waals surface area (Å²) in [6.07, 6.45) is 1.85. The quantitative estimate of drug-likeness (QED) is 0.659. The molecule has 0 saturated heterocycles. The van der Waals surface area contributed by atoms with Gasteiger partial charge in [-0.2, -0.15) is 10.4 Å². The molecule has 1 heterocycles. The van der Waals surface area contributed by atoms with E-state index in [0.717, 1.165) is 16.6 Å². The van der Waals surface area contributed by atoms with E-state index in [2.05, 4.69) is 36.3 Å². The molecule has 3 nitrogen and oxygen atoms in total. The minimum absolute atomic E-state index is 0.659. The standard InChI is InChI=1S/C15H11N3.C2H6/c1-11-2-5-13-10-17-18(15(13)8-11)14-6-3-12(9-16)4-7-14;1-2/h2-8,10H,1H3;1-2H3. The van der Waals surface area contributed by atoms with Gasteiger partial charge in [-0.3, -0.25) is 0 Å². The molecule has 0 atom stereocenters. The molecule has 2 aromatic carbocycles. The number of fused-ring (bicyclic) bond motifs is 1. The van der Waals surface area contributed by atoms with Gasteiger partial charge in [0, 0.05) is 5.39 Å². The molecule has 3 rings (SSSR count). The average molecular weight is 263 g/mol. The van der Waals surface area contributed by atoms with E-state index in [9.17, 15) is 0 Å². The Bertz CT molecular complexity index is 746. The molecular formula is C17H17N3. The lowest BCUT2D eigenvalue weighted by Gasteiger charge is -2.04. The first-order chi connectivity index (χ1) is 9.78. The van der Waals surface area contributed by atoms with Crippen molar-refractivity contribution in [1.82, 2.24) is 9.78 Å². The minimum atomic E-state index is 0.659. The third kappa shape index (κ3) is 2.55. The second-order valence-electron chi connectivity index (χ2n) is 4.28. The van der Waals surface area contributed by atoms with Crippen molar-refractivity contribution in [2.45, 2.75) is 20.8 Å². The lowest BCUT2D eigenvalue weighted by atomic mass is 10.2. The molecule has 0 aliphatic rings. The van der Waals surface area contributed by atoms with Gasteiger partial charge in [-0.05, 0) is 42.8 Å². The lowest BCUT2D eigenvalue weighted by molar-refractivity contribution is 0.910. The van der Waals surface area contributed by atoms with Gasteiger partial charge in [0.1, 0.15) is 0 Å². The van der Waals surface area contributed by atoms with Crippen molar-refractivity contribution < 1.29 is 0 Å². The Kier molecular flexibility index (Phi) is 4.17. The van der Waals surface area contributed by atoms with Crippen molar-refractivity contribution in [3.63, 3.8) is 0 Å². The number of hydrogen-bond donors (Lipinski definition) is 0. The summed E-state index contributed by atoms with van der Waals surface area (Å²) in [5.41, 5.74) is 3.92. The molecule has 0 aliphatic heterocycles. The largest absolute Gasteiger partial charge is 0.233 e. The highest BCUT2D eigenvalue weighted by molar-refractivity contribution is 5.80. The minimum Gasteiger partial charge on any atom is -0.233 e. The lowest BCUT2D eigenvalue weighted by Crippen LogP contribution is -1.95. The van der Waals surface area contributed by atoms with E-state index in [1.54, 1.807) is 12.1 Å². The van der Waals surface area contributed by atoms with Crippen LogP contribution in [0.15, 0.2) is 48.7 Å². The van der Waals surface area contributed by atoms with Gasteiger partial charge in [0.25, 0.3) is 0 Å². The van der Waals surface area contributed by atoms with Gasteiger partial charge in [0.2, 0.25) is 0 Å². The van der Waals surface area contributed by atoms with Crippen molar-refractivity contribution in [2.75, 3.05) is 0 Å². The van der Waals surface area contributed by atoms with Crippen LogP contribution in [0.5, 0.6) is 0 Å². The molecule has 0 bridgehead atoms. The van der Waals surface area contributed by atoms with E-state index in [1.807, 2.05) is 36.9 Å². The fraction of sp³-hybridized carbons (Fsp3) is 0.176. The van der Waals surface area contributed by atoms with Crippen LogP contribution < -0.4 is 0 Å². The maximum absolute atomic E-state index is 8.79. The van der Waals surface area contributed by atoms with Gasteiger partial charge in [-0.1, -0.05) is 26.0 Å². The molecular weight excluding hydrogens is 246 g/mol. The monoisotopic (exact) mass is 263 g/mol. The van der Waals surface area contributed by atoms with Crippen LogP contribution in [-0.2, 0) is 0 Å². The average Bonchev–Trinajstić information content (AvgIpc) is 2.92. The molecule has 0 fully saturated rings. The van der Waals surface area contributed by atoms with E-state index in [-0.39, 0.29) is 0 Å². The Hall–Kier alpha value is -2.60. The molecule has 0 spiro atoms. The SMILES string of the molecule is CC.Cc1ccc2cnn(-c3ccc(C#N)cc3)c2c1. The maximum atomic E-state index is 8.79. The van der Waals surface area contributed by atoms with Gasteiger partial charge >= 0.3 is 0 Å². The zero-order chi connectivity index (χ0) is 14.5. The summed E-state index contributed by atoms with van der Waals surface area (Å²) >= 11 is 0. The van der Waals surface area contributed by atoms with Crippen molar-refractivity contribution >= 4 is 10.9 Å². The van der Waals surface area contributed by atoms with E-state index in [4.69, 9.17) is 5.26 Å². The normalized spacial score (nSPS) is 9.70. The highest BCUT2D eigenvalue weighted by Crippen LogP contribution is 2.19. The molecule has 3 heteroatoms. The van der Waals surface area contributed by atoms with Gasteiger partial charge in [0.15, 0.2) is 0 Å². The summed E-state index contributed by atoms with van der Waals surface area (Å²) in [6.45, 7) is 6.07. The van der Waals surface area contributed by atoms with E-state index in [1.165, 1.54) is 5.56 Å². The van der Waals surface area contributed by atoms with Crippen molar-refractivity contribution in [1.29, 1.82) is 5.26 Å². The van der Waals surface area contributed by atoms with Crippen LogP contribution in [0.3, 0.4) is 0 Å². The predicted molar refractivity (Wildman–Crippen MR) is 81.9 cm³/mol. The molecule has 100 valence electrons. The van der Waals surface area contributed by atoms with Gasteiger partial charge < -0.3 is 0 Å². The Labute approximate surface area is 119 Å². The zero-order valence-corrected chi connectivity index (χ0v) is 12.0. The molecule has 0 N–H and O–H groups in total. The summed E-state index contributed by atoms with van der Waals surface area (Å²) in [5.74, 6) is 0. The van der Waals surface area contributed by atoms with Crippen LogP contribution in [-0.4, -0.2) is 9.78 Å². The molecule has 0 aliphatic carbocycles. The van der Waals surface area contributed by atoms with Crippen molar-refractivity contribution in [2.24, 2.45) is 0 Å². The highest BCUT2D eigenvalue weighted by Gasteiger charge is 2.04. The molecule has 20 heavy (non-hydrogen) atoms. The number of nitrogens with zero attached hydrogens (tertiary/aromatic N) is 3. The Morgan fingerprint density at radius 3 is 2.40 bits per heavy atom. The van der Waals surface area contributed by atoms with E-state index < -0.39 is 0 Å². The Balaban J connectivity index is 0.000000704. The first-order valence-electron chi connectivity index (χ1n) is 6.73. The second kappa shape index (κ2) is 6.03. The Morgan fingerprint density at radius 1 is 1.05 bits per heavy atom. The fourth-order valence-corrected chi connectivity index (χ4v) is 2.01. The topological polar surface area (TPSA) is 41.6 Å². The van der Waals surface area contributed by atoms with Crippen LogP contribution in [0, 0.1) is 18.3 Å². The number of aryl methyl sites for hydroxylation is 1. The smallest absolute Gasteiger partial charge is 0.0991 e. The van der Waals surface area contributed by atoms with E-state index in [0.29, 0.717) is 5.56 Å². The van der Waals surface area contributed by atoms with E-state index >= 15 is 0 Å². The number of rotatable bonds is 1. The van der Waals surface area contributed by atoms with Crippen LogP contribution in [0.2, 0.25) is 0 Å². The van der Waals surface area contributed by atoms with Gasteiger partial charge in [-0.15, -0.1) is 0 Å². The predicted octanol–water partition coefficient (Wildman–Crippen LogP) is 4.23. The molecule has 0 radical (unpaired) electrons. The summed E-state index contributed by atoms with van der Waals surface area (Å²) in [5, 5.41) is 14.3. The number of aromatic nitrogens is 2. The molecule has 0 unspecified atom stereocenters. The summed E-state index contributed by atoms with van der Waals surface area (Å²) in [4.78, 5) is 0. The molecule has 1 aromatic heterocycles. The molecule has 0 amide bonds. The third-order valence-corrected chi connectivity index (χ3v) is 2.97. The van der Waals surface area contributed by atoms with Crippen LogP contribution in [0.1, 0.15) is 25.0 Å². The van der Waals surface area contributed by atoms with Crippen molar-refractivity contribution in [3.05, 3.63) is 59.8 Å². The highest BCUT2D eigenvalue weighted by atomic mass is 15.3. The fourth-order valence-electron chi connectivity index (χ4n) is 2.01. The number of benzene rings is 2.